The normalized spacial score (nSPS) is 19.4. The summed E-state index contributed by atoms with van der Waals surface area (Å²) in [6, 6.07) is 6.17. The van der Waals surface area contributed by atoms with Gasteiger partial charge in [-0.3, -0.25) is 14.5 Å². The van der Waals surface area contributed by atoms with Gasteiger partial charge in [0.15, 0.2) is 0 Å². The molecule has 1 aliphatic carbocycles. The fourth-order valence-electron chi connectivity index (χ4n) is 4.17. The summed E-state index contributed by atoms with van der Waals surface area (Å²) in [5.41, 5.74) is 0.943. The monoisotopic (exact) mass is 509 g/mol. The van der Waals surface area contributed by atoms with Crippen molar-refractivity contribution in [1.82, 2.24) is 15.5 Å². The Bertz CT molecular complexity index is 817. The van der Waals surface area contributed by atoms with E-state index >= 15 is 0 Å². The van der Waals surface area contributed by atoms with Gasteiger partial charge in [-0.2, -0.15) is 11.8 Å². The molecule has 2 N–H and O–H groups in total. The Balaban J connectivity index is 1.59. The summed E-state index contributed by atoms with van der Waals surface area (Å²) in [7, 11) is 2.91. The zero-order valence-electron chi connectivity index (χ0n) is 19.9. The lowest BCUT2D eigenvalue weighted by molar-refractivity contribution is -0.130. The number of ether oxygens (including phenoxy) is 2. The first-order valence-electron chi connectivity index (χ1n) is 11.7. The fourth-order valence-corrected chi connectivity index (χ4v) is 6.59. The van der Waals surface area contributed by atoms with Crippen LogP contribution in [0.4, 0.5) is 4.79 Å². The van der Waals surface area contributed by atoms with Gasteiger partial charge in [0.1, 0.15) is 17.8 Å². The number of hydrogen-bond acceptors (Lipinski definition) is 7. The molecule has 10 heteroatoms. The summed E-state index contributed by atoms with van der Waals surface area (Å²) >= 11 is 3.21. The largest absolute Gasteiger partial charge is 0.497 e. The van der Waals surface area contributed by atoms with Crippen LogP contribution in [0.2, 0.25) is 0 Å². The lowest BCUT2D eigenvalue weighted by atomic mass is 9.91. The van der Waals surface area contributed by atoms with Crippen LogP contribution < -0.4 is 15.4 Å². The van der Waals surface area contributed by atoms with E-state index in [2.05, 4.69) is 10.6 Å². The quantitative estimate of drug-likeness (QED) is 0.500. The van der Waals surface area contributed by atoms with E-state index in [4.69, 9.17) is 9.47 Å². The van der Waals surface area contributed by atoms with Gasteiger partial charge in [-0.25, -0.2) is 4.79 Å². The van der Waals surface area contributed by atoms with E-state index in [-0.39, 0.29) is 11.8 Å². The minimum atomic E-state index is -0.676. The van der Waals surface area contributed by atoms with Gasteiger partial charge in [0.2, 0.25) is 11.8 Å². The maximum Gasteiger partial charge on any atom is 0.410 e. The summed E-state index contributed by atoms with van der Waals surface area (Å²) < 4.78 is 9.98. The standard InChI is InChI=1S/C24H35N3O5S2/c1-31-19-10-8-17(9-11-19)12-25-22(28)20(14-33-13-18-6-4-3-5-7-18)26-23(29)21-15-34-16-27(21)24(30)32-2/h8-11,18,20-21H,3-7,12-16H2,1-2H3,(H,25,28)(H,26,29)/t20-,21-/m0/s1. The number of methoxy groups -OCH3 is 2. The molecule has 1 aromatic carbocycles. The molecule has 1 aromatic rings. The summed E-state index contributed by atoms with van der Waals surface area (Å²) in [4.78, 5) is 39.5. The second kappa shape index (κ2) is 13.7. The molecular formula is C24H35N3O5S2. The average Bonchev–Trinajstić information content (AvgIpc) is 3.37. The topological polar surface area (TPSA) is 97.0 Å². The lowest BCUT2D eigenvalue weighted by Gasteiger charge is -2.25. The highest BCUT2D eigenvalue weighted by Crippen LogP contribution is 2.27. The smallest absolute Gasteiger partial charge is 0.410 e. The minimum Gasteiger partial charge on any atom is -0.497 e. The third-order valence-electron chi connectivity index (χ3n) is 6.22. The van der Waals surface area contributed by atoms with E-state index in [1.807, 2.05) is 24.3 Å². The predicted molar refractivity (Wildman–Crippen MR) is 136 cm³/mol. The highest BCUT2D eigenvalue weighted by atomic mass is 32.2. The van der Waals surface area contributed by atoms with E-state index < -0.39 is 18.2 Å². The zero-order chi connectivity index (χ0) is 24.3. The van der Waals surface area contributed by atoms with Gasteiger partial charge in [0.25, 0.3) is 0 Å². The molecule has 8 nitrogen and oxygen atoms in total. The van der Waals surface area contributed by atoms with Crippen LogP contribution in [-0.4, -0.2) is 72.2 Å². The molecule has 2 aliphatic rings. The third kappa shape index (κ3) is 7.73. The fraction of sp³-hybridized carbons (Fsp3) is 0.625. The van der Waals surface area contributed by atoms with Crippen LogP contribution in [0.3, 0.4) is 0 Å². The van der Waals surface area contributed by atoms with Gasteiger partial charge in [-0.15, -0.1) is 11.8 Å². The van der Waals surface area contributed by atoms with Gasteiger partial charge in [0.05, 0.1) is 20.1 Å². The zero-order valence-corrected chi connectivity index (χ0v) is 21.6. The Hall–Kier alpha value is -2.07. The third-order valence-corrected chi connectivity index (χ3v) is 8.50. The molecule has 0 bridgehead atoms. The molecule has 0 aromatic heterocycles. The molecule has 2 fully saturated rings. The number of carbonyl (C=O) groups is 3. The van der Waals surface area contributed by atoms with Gasteiger partial charge >= 0.3 is 6.09 Å². The van der Waals surface area contributed by atoms with E-state index in [0.29, 0.717) is 29.8 Å². The minimum absolute atomic E-state index is 0.226. The molecule has 2 atom stereocenters. The first-order valence-corrected chi connectivity index (χ1v) is 14.0. The van der Waals surface area contributed by atoms with Crippen molar-refractivity contribution < 1.29 is 23.9 Å². The van der Waals surface area contributed by atoms with Crippen molar-refractivity contribution in [2.24, 2.45) is 5.92 Å². The van der Waals surface area contributed by atoms with Crippen molar-refractivity contribution in [2.75, 3.05) is 37.4 Å². The molecule has 188 valence electrons. The van der Waals surface area contributed by atoms with Crippen LogP contribution in [0, 0.1) is 5.92 Å². The molecule has 3 amide bonds. The van der Waals surface area contributed by atoms with E-state index in [0.717, 1.165) is 17.1 Å². The maximum atomic E-state index is 13.1. The number of nitrogens with zero attached hydrogens (tertiary/aromatic N) is 1. The molecule has 1 saturated heterocycles. The number of hydrogen-bond donors (Lipinski definition) is 2. The SMILES string of the molecule is COC(=O)N1CSC[C@H]1C(=O)N[C@@H](CSCC1CCCCC1)C(=O)NCc1ccc(OC)cc1. The van der Waals surface area contributed by atoms with Crippen molar-refractivity contribution in [3.63, 3.8) is 0 Å². The number of thioether (sulfide) groups is 2. The summed E-state index contributed by atoms with van der Waals surface area (Å²) in [5.74, 6) is 3.25. The van der Waals surface area contributed by atoms with E-state index in [1.54, 1.807) is 18.9 Å². The highest BCUT2D eigenvalue weighted by molar-refractivity contribution is 7.99. The van der Waals surface area contributed by atoms with Crippen molar-refractivity contribution in [3.05, 3.63) is 29.8 Å². The van der Waals surface area contributed by atoms with Gasteiger partial charge in [-0.1, -0.05) is 31.4 Å². The predicted octanol–water partition coefficient (Wildman–Crippen LogP) is 3.25. The van der Waals surface area contributed by atoms with Crippen molar-refractivity contribution in [3.8, 4) is 5.75 Å². The average molecular weight is 510 g/mol. The summed E-state index contributed by atoms with van der Waals surface area (Å²) in [6.07, 6.45) is 5.80. The number of benzene rings is 1. The van der Waals surface area contributed by atoms with Crippen LogP contribution in [-0.2, 0) is 20.9 Å². The molecule has 1 aliphatic heterocycles. The van der Waals surface area contributed by atoms with Crippen LogP contribution in [0.25, 0.3) is 0 Å². The first-order chi connectivity index (χ1) is 16.5. The first kappa shape index (κ1) is 26.5. The molecule has 0 radical (unpaired) electrons. The highest BCUT2D eigenvalue weighted by Gasteiger charge is 2.37. The van der Waals surface area contributed by atoms with Gasteiger partial charge in [0, 0.05) is 18.1 Å². The molecular weight excluding hydrogens is 474 g/mol. The maximum absolute atomic E-state index is 13.1. The second-order valence-electron chi connectivity index (χ2n) is 8.62. The molecule has 0 spiro atoms. The van der Waals surface area contributed by atoms with Crippen molar-refractivity contribution in [1.29, 1.82) is 0 Å². The Morgan fingerprint density at radius 3 is 2.56 bits per heavy atom. The molecule has 1 saturated carbocycles. The lowest BCUT2D eigenvalue weighted by Crippen LogP contribution is -2.54. The molecule has 3 rings (SSSR count). The van der Waals surface area contributed by atoms with Crippen molar-refractivity contribution in [2.45, 2.75) is 50.7 Å². The van der Waals surface area contributed by atoms with Gasteiger partial charge in [-0.05, 0) is 42.2 Å². The number of amides is 3. The number of nitrogens with one attached hydrogen (secondary N) is 2. The summed E-state index contributed by atoms with van der Waals surface area (Å²) in [5, 5.41) is 5.85. The van der Waals surface area contributed by atoms with Gasteiger partial charge < -0.3 is 20.1 Å². The Labute approximate surface area is 210 Å². The summed E-state index contributed by atoms with van der Waals surface area (Å²) in [6.45, 7) is 0.357. The van der Waals surface area contributed by atoms with E-state index in [9.17, 15) is 14.4 Å². The van der Waals surface area contributed by atoms with E-state index in [1.165, 1.54) is 55.9 Å². The van der Waals surface area contributed by atoms with Crippen molar-refractivity contribution >= 4 is 41.4 Å². The van der Waals surface area contributed by atoms with Crippen LogP contribution >= 0.6 is 23.5 Å². The van der Waals surface area contributed by atoms with Crippen LogP contribution in [0.15, 0.2) is 24.3 Å². The number of rotatable bonds is 10. The Kier molecular flexibility index (Phi) is 10.7. The Morgan fingerprint density at radius 1 is 1.15 bits per heavy atom. The second-order valence-corrected chi connectivity index (χ2v) is 10.7. The molecule has 1 heterocycles. The molecule has 34 heavy (non-hydrogen) atoms. The van der Waals surface area contributed by atoms with Crippen LogP contribution in [0.5, 0.6) is 5.75 Å². The molecule has 0 unspecified atom stereocenters. The van der Waals surface area contributed by atoms with Crippen LogP contribution in [0.1, 0.15) is 37.7 Å². The number of carbonyl (C=O) groups excluding carboxylic acids is 3. The Morgan fingerprint density at radius 2 is 1.88 bits per heavy atom.